The van der Waals surface area contributed by atoms with Crippen LogP contribution in [0.2, 0.25) is 0 Å². The molecule has 1 aromatic carbocycles. The standard InChI is InChI=1S/C15H22BrN/c1-15(2,3)17-10-8-12(9-11-17)13-6-4-5-7-14(13)16/h4-7,12H,8-11H2,1-3H3. The molecular weight excluding hydrogens is 274 g/mol. The lowest BCUT2D eigenvalue weighted by molar-refractivity contribution is 0.102. The second-order valence-corrected chi connectivity index (χ2v) is 6.81. The summed E-state index contributed by atoms with van der Waals surface area (Å²) in [6, 6.07) is 8.67. The van der Waals surface area contributed by atoms with Crippen molar-refractivity contribution in [2.75, 3.05) is 13.1 Å². The molecule has 0 N–H and O–H groups in total. The molecule has 0 amide bonds. The van der Waals surface area contributed by atoms with E-state index in [0.717, 1.165) is 5.92 Å². The van der Waals surface area contributed by atoms with Gasteiger partial charge in [-0.05, 0) is 64.3 Å². The van der Waals surface area contributed by atoms with Crippen molar-refractivity contribution in [3.05, 3.63) is 34.3 Å². The van der Waals surface area contributed by atoms with Crippen LogP contribution >= 0.6 is 15.9 Å². The Balaban J connectivity index is 2.03. The number of nitrogens with zero attached hydrogens (tertiary/aromatic N) is 1. The second-order valence-electron chi connectivity index (χ2n) is 5.95. The molecular formula is C15H22BrN. The summed E-state index contributed by atoms with van der Waals surface area (Å²) in [7, 11) is 0. The highest BCUT2D eigenvalue weighted by molar-refractivity contribution is 9.10. The third-order valence-corrected chi connectivity index (χ3v) is 4.51. The molecule has 0 aliphatic carbocycles. The van der Waals surface area contributed by atoms with Gasteiger partial charge in [0, 0.05) is 10.0 Å². The first kappa shape index (κ1) is 13.1. The predicted molar refractivity (Wildman–Crippen MR) is 77.4 cm³/mol. The molecule has 0 unspecified atom stereocenters. The van der Waals surface area contributed by atoms with Gasteiger partial charge in [0.15, 0.2) is 0 Å². The average Bonchev–Trinajstić information content (AvgIpc) is 2.29. The second kappa shape index (κ2) is 5.11. The Hall–Kier alpha value is -0.340. The van der Waals surface area contributed by atoms with Crippen LogP contribution in [0.1, 0.15) is 45.1 Å². The molecule has 1 aliphatic heterocycles. The number of benzene rings is 1. The fourth-order valence-corrected chi connectivity index (χ4v) is 3.28. The molecule has 0 spiro atoms. The van der Waals surface area contributed by atoms with Crippen LogP contribution < -0.4 is 0 Å². The third-order valence-electron chi connectivity index (χ3n) is 3.79. The first-order chi connectivity index (χ1) is 7.98. The Bertz CT molecular complexity index is 373. The van der Waals surface area contributed by atoms with Crippen molar-refractivity contribution in [2.24, 2.45) is 0 Å². The number of rotatable bonds is 1. The fraction of sp³-hybridized carbons (Fsp3) is 0.600. The van der Waals surface area contributed by atoms with Gasteiger partial charge in [-0.3, -0.25) is 4.90 Å². The maximum atomic E-state index is 3.67. The van der Waals surface area contributed by atoms with Crippen LogP contribution in [0.15, 0.2) is 28.7 Å². The van der Waals surface area contributed by atoms with E-state index in [4.69, 9.17) is 0 Å². The minimum atomic E-state index is 0.318. The molecule has 1 nitrogen and oxygen atoms in total. The summed E-state index contributed by atoms with van der Waals surface area (Å²) in [4.78, 5) is 2.60. The molecule has 0 saturated carbocycles. The van der Waals surface area contributed by atoms with E-state index in [9.17, 15) is 0 Å². The SMILES string of the molecule is CC(C)(C)N1CCC(c2ccccc2Br)CC1. The van der Waals surface area contributed by atoms with Gasteiger partial charge in [-0.1, -0.05) is 34.1 Å². The van der Waals surface area contributed by atoms with E-state index in [2.05, 4.69) is 65.9 Å². The molecule has 0 radical (unpaired) electrons. The van der Waals surface area contributed by atoms with E-state index in [1.165, 1.54) is 36.0 Å². The van der Waals surface area contributed by atoms with Gasteiger partial charge in [0.1, 0.15) is 0 Å². The summed E-state index contributed by atoms with van der Waals surface area (Å²) in [5.41, 5.74) is 1.81. The van der Waals surface area contributed by atoms with Gasteiger partial charge in [0.25, 0.3) is 0 Å². The molecule has 0 bridgehead atoms. The minimum Gasteiger partial charge on any atom is -0.298 e. The number of hydrogen-bond acceptors (Lipinski definition) is 1. The summed E-state index contributed by atoms with van der Waals surface area (Å²) < 4.78 is 1.27. The highest BCUT2D eigenvalue weighted by Crippen LogP contribution is 2.34. The van der Waals surface area contributed by atoms with E-state index in [1.807, 2.05) is 0 Å². The number of halogens is 1. The Morgan fingerprint density at radius 3 is 2.24 bits per heavy atom. The van der Waals surface area contributed by atoms with Crippen molar-refractivity contribution in [1.82, 2.24) is 4.90 Å². The summed E-state index contributed by atoms with van der Waals surface area (Å²) in [5.74, 6) is 0.726. The molecule has 94 valence electrons. The third kappa shape index (κ3) is 3.11. The van der Waals surface area contributed by atoms with E-state index >= 15 is 0 Å². The van der Waals surface area contributed by atoms with Gasteiger partial charge in [-0.2, -0.15) is 0 Å². The molecule has 1 aromatic rings. The van der Waals surface area contributed by atoms with Gasteiger partial charge >= 0.3 is 0 Å². The molecule has 2 rings (SSSR count). The van der Waals surface area contributed by atoms with Crippen molar-refractivity contribution in [2.45, 2.75) is 45.1 Å². The molecule has 0 aromatic heterocycles. The zero-order chi connectivity index (χ0) is 12.5. The van der Waals surface area contributed by atoms with Crippen LogP contribution in [0.5, 0.6) is 0 Å². The first-order valence-corrected chi connectivity index (χ1v) is 7.27. The minimum absolute atomic E-state index is 0.318. The van der Waals surface area contributed by atoms with Crippen molar-refractivity contribution in [3.8, 4) is 0 Å². The molecule has 1 saturated heterocycles. The van der Waals surface area contributed by atoms with E-state index in [0.29, 0.717) is 5.54 Å². The largest absolute Gasteiger partial charge is 0.298 e. The molecule has 2 heteroatoms. The zero-order valence-corrected chi connectivity index (χ0v) is 12.6. The number of likely N-dealkylation sites (tertiary alicyclic amines) is 1. The monoisotopic (exact) mass is 295 g/mol. The average molecular weight is 296 g/mol. The van der Waals surface area contributed by atoms with E-state index in [-0.39, 0.29) is 0 Å². The Kier molecular flexibility index (Phi) is 3.94. The molecule has 17 heavy (non-hydrogen) atoms. The smallest absolute Gasteiger partial charge is 0.0210 e. The summed E-state index contributed by atoms with van der Waals surface area (Å²) in [6.07, 6.45) is 2.56. The van der Waals surface area contributed by atoms with Crippen LogP contribution in [-0.4, -0.2) is 23.5 Å². The maximum Gasteiger partial charge on any atom is 0.0210 e. The van der Waals surface area contributed by atoms with Gasteiger partial charge in [0.05, 0.1) is 0 Å². The lowest BCUT2D eigenvalue weighted by Crippen LogP contribution is -2.45. The Morgan fingerprint density at radius 2 is 1.71 bits per heavy atom. The van der Waals surface area contributed by atoms with Crippen LogP contribution in [0.25, 0.3) is 0 Å². The summed E-state index contributed by atoms with van der Waals surface area (Å²) in [5, 5.41) is 0. The van der Waals surface area contributed by atoms with Gasteiger partial charge in [-0.25, -0.2) is 0 Å². The Labute approximate surface area is 113 Å². The molecule has 1 heterocycles. The lowest BCUT2D eigenvalue weighted by Gasteiger charge is -2.41. The number of piperidine rings is 1. The molecule has 1 fully saturated rings. The predicted octanol–water partition coefficient (Wildman–Crippen LogP) is 4.43. The summed E-state index contributed by atoms with van der Waals surface area (Å²) >= 11 is 3.67. The van der Waals surface area contributed by atoms with Crippen molar-refractivity contribution >= 4 is 15.9 Å². The van der Waals surface area contributed by atoms with Crippen molar-refractivity contribution < 1.29 is 0 Å². The Morgan fingerprint density at radius 1 is 1.12 bits per heavy atom. The first-order valence-electron chi connectivity index (χ1n) is 6.48. The normalized spacial score (nSPS) is 19.5. The van der Waals surface area contributed by atoms with Gasteiger partial charge < -0.3 is 0 Å². The zero-order valence-electron chi connectivity index (χ0n) is 11.0. The van der Waals surface area contributed by atoms with Crippen LogP contribution in [0.4, 0.5) is 0 Å². The van der Waals surface area contributed by atoms with Crippen LogP contribution in [-0.2, 0) is 0 Å². The van der Waals surface area contributed by atoms with Crippen LogP contribution in [0, 0.1) is 0 Å². The van der Waals surface area contributed by atoms with Crippen molar-refractivity contribution in [3.63, 3.8) is 0 Å². The lowest BCUT2D eigenvalue weighted by atomic mass is 9.87. The molecule has 0 atom stereocenters. The van der Waals surface area contributed by atoms with E-state index in [1.54, 1.807) is 0 Å². The van der Waals surface area contributed by atoms with E-state index < -0.39 is 0 Å². The highest BCUT2D eigenvalue weighted by atomic mass is 79.9. The maximum absolute atomic E-state index is 3.67. The van der Waals surface area contributed by atoms with Gasteiger partial charge in [0.2, 0.25) is 0 Å². The highest BCUT2D eigenvalue weighted by Gasteiger charge is 2.28. The number of hydrogen-bond donors (Lipinski definition) is 0. The van der Waals surface area contributed by atoms with Crippen molar-refractivity contribution in [1.29, 1.82) is 0 Å². The van der Waals surface area contributed by atoms with Crippen LogP contribution in [0.3, 0.4) is 0 Å². The summed E-state index contributed by atoms with van der Waals surface area (Å²) in [6.45, 7) is 9.37. The quantitative estimate of drug-likeness (QED) is 0.741. The fourth-order valence-electron chi connectivity index (χ4n) is 2.67. The van der Waals surface area contributed by atoms with Gasteiger partial charge in [-0.15, -0.1) is 0 Å². The topological polar surface area (TPSA) is 3.24 Å². The molecule has 1 aliphatic rings.